The highest BCUT2D eigenvalue weighted by molar-refractivity contribution is 6.17. The van der Waals surface area contributed by atoms with E-state index in [-0.39, 0.29) is 18.2 Å². The summed E-state index contributed by atoms with van der Waals surface area (Å²) in [5, 5.41) is 0. The maximum atomic E-state index is 13.0. The Morgan fingerprint density at radius 3 is 2.04 bits per heavy atom. The van der Waals surface area contributed by atoms with Gasteiger partial charge in [-0.3, -0.25) is 14.5 Å². The smallest absolute Gasteiger partial charge is 0.258 e. The van der Waals surface area contributed by atoms with Crippen LogP contribution in [0.1, 0.15) is 20.7 Å². The van der Waals surface area contributed by atoms with Crippen LogP contribution in [0.3, 0.4) is 0 Å². The number of hydrogen-bond acceptors (Lipinski definition) is 2. The summed E-state index contributed by atoms with van der Waals surface area (Å²) >= 11 is 0. The van der Waals surface area contributed by atoms with Crippen LogP contribution in [0.4, 0.5) is 5.69 Å². The summed E-state index contributed by atoms with van der Waals surface area (Å²) in [7, 11) is 0. The lowest BCUT2D eigenvalue weighted by molar-refractivity contribution is 0.0938. The number of carbonyl (C=O) groups is 2. The van der Waals surface area contributed by atoms with E-state index < -0.39 is 0 Å². The average Bonchev–Trinajstić information content (AvgIpc) is 2.78. The molecule has 116 valence electrons. The van der Waals surface area contributed by atoms with Gasteiger partial charge in [0.2, 0.25) is 0 Å². The Morgan fingerprint density at radius 1 is 0.708 bits per heavy atom. The van der Waals surface area contributed by atoms with Crippen LogP contribution in [0, 0.1) is 0 Å². The van der Waals surface area contributed by atoms with Gasteiger partial charge in [0, 0.05) is 16.7 Å². The number of anilines is 1. The number of benzene rings is 3. The molecule has 0 radical (unpaired) electrons. The lowest BCUT2D eigenvalue weighted by Gasteiger charge is -2.22. The van der Waals surface area contributed by atoms with Crippen LogP contribution in [0.25, 0.3) is 11.1 Å². The van der Waals surface area contributed by atoms with E-state index >= 15 is 0 Å². The van der Waals surface area contributed by atoms with Crippen molar-refractivity contribution in [3.63, 3.8) is 0 Å². The highest BCUT2D eigenvalue weighted by Crippen LogP contribution is 2.36. The monoisotopic (exact) mass is 313 g/mol. The van der Waals surface area contributed by atoms with Gasteiger partial charge in [-0.25, -0.2) is 0 Å². The predicted octanol–water partition coefficient (Wildman–Crippen LogP) is 4.20. The third-order valence-corrected chi connectivity index (χ3v) is 4.28. The van der Waals surface area contributed by atoms with Crippen LogP contribution < -0.4 is 4.90 Å². The first-order valence-corrected chi connectivity index (χ1v) is 7.84. The predicted molar refractivity (Wildman–Crippen MR) is 94.3 cm³/mol. The quantitative estimate of drug-likeness (QED) is 0.675. The molecule has 0 fully saturated rings. The van der Waals surface area contributed by atoms with Crippen LogP contribution in [0.15, 0.2) is 78.9 Å². The minimum absolute atomic E-state index is 0.0434. The first-order chi connectivity index (χ1) is 11.8. The van der Waals surface area contributed by atoms with Gasteiger partial charge in [-0.05, 0) is 23.8 Å². The molecule has 0 bridgehead atoms. The van der Waals surface area contributed by atoms with Crippen molar-refractivity contribution in [1.82, 2.24) is 0 Å². The van der Waals surface area contributed by atoms with Gasteiger partial charge in [-0.1, -0.05) is 60.7 Å². The van der Waals surface area contributed by atoms with Gasteiger partial charge in [0.25, 0.3) is 5.91 Å². The summed E-state index contributed by atoms with van der Waals surface area (Å²) in [6.07, 6.45) is 0. The molecule has 3 aromatic carbocycles. The Kier molecular flexibility index (Phi) is 3.47. The first kappa shape index (κ1) is 14.4. The fourth-order valence-corrected chi connectivity index (χ4v) is 3.13. The molecule has 0 aromatic heterocycles. The average molecular weight is 313 g/mol. The standard InChI is InChI=1S/C21H15NO2/c23-20-14-22(21(24)15-8-2-1-3-9-15)19-13-7-6-11-17(19)16-10-4-5-12-18(16)20/h1-13H,14H2. The molecule has 3 nitrogen and oxygen atoms in total. The van der Waals surface area contributed by atoms with Crippen LogP contribution in [0.2, 0.25) is 0 Å². The number of ketones is 1. The largest absolute Gasteiger partial charge is 0.300 e. The van der Waals surface area contributed by atoms with E-state index in [4.69, 9.17) is 0 Å². The molecule has 0 spiro atoms. The molecule has 1 aliphatic rings. The fourth-order valence-electron chi connectivity index (χ4n) is 3.13. The molecular weight excluding hydrogens is 298 g/mol. The van der Waals surface area contributed by atoms with Crippen molar-refractivity contribution in [2.24, 2.45) is 0 Å². The molecule has 0 atom stereocenters. The van der Waals surface area contributed by atoms with Crippen molar-refractivity contribution >= 4 is 17.4 Å². The molecule has 0 aliphatic carbocycles. The van der Waals surface area contributed by atoms with Crippen LogP contribution in [-0.4, -0.2) is 18.2 Å². The number of Topliss-reactive ketones (excluding diaryl/α,β-unsaturated/α-hetero) is 1. The second-order valence-electron chi connectivity index (χ2n) is 5.74. The van der Waals surface area contributed by atoms with E-state index in [1.165, 1.54) is 0 Å². The molecule has 0 saturated heterocycles. The molecule has 24 heavy (non-hydrogen) atoms. The van der Waals surface area contributed by atoms with E-state index in [1.54, 1.807) is 17.0 Å². The van der Waals surface area contributed by atoms with E-state index in [2.05, 4.69) is 0 Å². The van der Waals surface area contributed by atoms with Crippen LogP contribution >= 0.6 is 0 Å². The topological polar surface area (TPSA) is 37.4 Å². The van der Waals surface area contributed by atoms with Crippen molar-refractivity contribution in [3.8, 4) is 11.1 Å². The summed E-state index contributed by atoms with van der Waals surface area (Å²) in [4.78, 5) is 27.3. The van der Waals surface area contributed by atoms with E-state index in [0.717, 1.165) is 16.8 Å². The Morgan fingerprint density at radius 2 is 1.29 bits per heavy atom. The van der Waals surface area contributed by atoms with Gasteiger partial charge in [0.05, 0.1) is 12.2 Å². The van der Waals surface area contributed by atoms with Crippen molar-refractivity contribution in [2.45, 2.75) is 0 Å². The van der Waals surface area contributed by atoms with Crippen molar-refractivity contribution in [2.75, 3.05) is 11.4 Å². The molecule has 1 amide bonds. The number of nitrogens with zero attached hydrogens (tertiary/aromatic N) is 1. The maximum absolute atomic E-state index is 13.0. The number of rotatable bonds is 1. The van der Waals surface area contributed by atoms with E-state index in [9.17, 15) is 9.59 Å². The number of amides is 1. The summed E-state index contributed by atoms with van der Waals surface area (Å²) < 4.78 is 0. The number of para-hydroxylation sites is 1. The van der Waals surface area contributed by atoms with Crippen molar-refractivity contribution in [3.05, 3.63) is 90.0 Å². The second-order valence-corrected chi connectivity index (χ2v) is 5.74. The summed E-state index contributed by atoms with van der Waals surface area (Å²) in [5.41, 5.74) is 3.79. The normalized spacial score (nSPS) is 13.0. The van der Waals surface area contributed by atoms with Gasteiger partial charge in [0.1, 0.15) is 0 Å². The lowest BCUT2D eigenvalue weighted by Crippen LogP contribution is -2.35. The molecule has 0 N–H and O–H groups in total. The Hall–Kier alpha value is -3.20. The molecule has 1 heterocycles. The zero-order chi connectivity index (χ0) is 16.5. The second kappa shape index (κ2) is 5.78. The van der Waals surface area contributed by atoms with Crippen molar-refractivity contribution < 1.29 is 9.59 Å². The number of fused-ring (bicyclic) bond motifs is 3. The van der Waals surface area contributed by atoms with E-state index in [0.29, 0.717) is 11.1 Å². The number of carbonyl (C=O) groups excluding carboxylic acids is 2. The first-order valence-electron chi connectivity index (χ1n) is 7.84. The molecule has 0 unspecified atom stereocenters. The Labute approximate surface area is 140 Å². The SMILES string of the molecule is O=C1CN(C(=O)c2ccccc2)c2ccccc2-c2ccccc21. The molecule has 1 aliphatic heterocycles. The molecular formula is C21H15NO2. The third-order valence-electron chi connectivity index (χ3n) is 4.28. The molecule has 0 saturated carbocycles. The minimum Gasteiger partial charge on any atom is -0.300 e. The zero-order valence-electron chi connectivity index (χ0n) is 13.0. The van der Waals surface area contributed by atoms with Gasteiger partial charge in [0.15, 0.2) is 5.78 Å². The summed E-state index contributed by atoms with van der Waals surface area (Å²) in [5.74, 6) is -0.213. The maximum Gasteiger partial charge on any atom is 0.258 e. The Bertz CT molecular complexity index is 931. The van der Waals surface area contributed by atoms with Gasteiger partial charge in [-0.15, -0.1) is 0 Å². The van der Waals surface area contributed by atoms with Crippen LogP contribution in [0.5, 0.6) is 0 Å². The number of hydrogen-bond donors (Lipinski definition) is 0. The van der Waals surface area contributed by atoms with Gasteiger partial charge >= 0.3 is 0 Å². The minimum atomic E-state index is -0.163. The van der Waals surface area contributed by atoms with Crippen molar-refractivity contribution in [1.29, 1.82) is 0 Å². The Balaban J connectivity index is 1.89. The van der Waals surface area contributed by atoms with Gasteiger partial charge < -0.3 is 0 Å². The lowest BCUT2D eigenvalue weighted by atomic mass is 9.97. The van der Waals surface area contributed by atoms with E-state index in [1.807, 2.05) is 66.7 Å². The molecule has 3 aromatic rings. The van der Waals surface area contributed by atoms with Crippen LogP contribution in [-0.2, 0) is 0 Å². The highest BCUT2D eigenvalue weighted by atomic mass is 16.2. The third kappa shape index (κ3) is 2.31. The fraction of sp³-hybridized carbons (Fsp3) is 0.0476. The molecule has 3 heteroatoms. The highest BCUT2D eigenvalue weighted by Gasteiger charge is 2.28. The zero-order valence-corrected chi connectivity index (χ0v) is 13.0. The summed E-state index contributed by atoms with van der Waals surface area (Å²) in [6, 6.07) is 24.3. The van der Waals surface area contributed by atoms with Gasteiger partial charge in [-0.2, -0.15) is 0 Å². The summed E-state index contributed by atoms with van der Waals surface area (Å²) in [6.45, 7) is 0.0434. The molecule has 4 rings (SSSR count).